The van der Waals surface area contributed by atoms with Gasteiger partial charge in [-0.15, -0.1) is 0 Å². The topological polar surface area (TPSA) is 65.0 Å². The van der Waals surface area contributed by atoms with Gasteiger partial charge in [0, 0.05) is 18.4 Å². The molecule has 1 aliphatic heterocycles. The molecule has 2 rings (SSSR count). The zero-order valence-electron chi connectivity index (χ0n) is 11.5. The predicted molar refractivity (Wildman–Crippen MR) is 68.0 cm³/mol. The Morgan fingerprint density at radius 1 is 1.53 bits per heavy atom. The van der Waals surface area contributed by atoms with Crippen molar-refractivity contribution < 1.29 is 24.1 Å². The highest BCUT2D eigenvalue weighted by Gasteiger charge is 2.48. The lowest BCUT2D eigenvalue weighted by atomic mass is 9.83. The van der Waals surface area contributed by atoms with E-state index in [1.165, 1.54) is 13.4 Å². The largest absolute Gasteiger partial charge is 0.472 e. The molecule has 0 bridgehead atoms. The molecule has 1 N–H and O–H groups in total. The van der Waals surface area contributed by atoms with Crippen LogP contribution in [0, 0.1) is 17.8 Å². The number of aliphatic hydroxyl groups is 1. The zero-order chi connectivity index (χ0) is 13.8. The summed E-state index contributed by atoms with van der Waals surface area (Å²) in [5.74, 6) is -0.112. The SMILES string of the molecule is CCCOC1OC=C(C(=O)OC)C2CCC(CO)C12. The summed E-state index contributed by atoms with van der Waals surface area (Å²) in [5.41, 5.74) is 0.569. The van der Waals surface area contributed by atoms with E-state index in [2.05, 4.69) is 0 Å². The van der Waals surface area contributed by atoms with Gasteiger partial charge < -0.3 is 19.3 Å². The van der Waals surface area contributed by atoms with Crippen molar-refractivity contribution >= 4 is 5.97 Å². The maximum Gasteiger partial charge on any atom is 0.337 e. The van der Waals surface area contributed by atoms with Crippen LogP contribution in [0.2, 0.25) is 0 Å². The number of methoxy groups -OCH3 is 1. The van der Waals surface area contributed by atoms with Crippen molar-refractivity contribution in [3.8, 4) is 0 Å². The van der Waals surface area contributed by atoms with Crippen LogP contribution in [0.4, 0.5) is 0 Å². The lowest BCUT2D eigenvalue weighted by Crippen LogP contribution is -2.39. The van der Waals surface area contributed by atoms with Crippen LogP contribution in [0.1, 0.15) is 26.2 Å². The summed E-state index contributed by atoms with van der Waals surface area (Å²) in [4.78, 5) is 11.8. The van der Waals surface area contributed by atoms with E-state index in [0.717, 1.165) is 19.3 Å². The quantitative estimate of drug-likeness (QED) is 0.766. The number of esters is 1. The molecule has 5 heteroatoms. The Morgan fingerprint density at radius 3 is 2.95 bits per heavy atom. The number of hydrogen-bond donors (Lipinski definition) is 1. The molecule has 0 saturated heterocycles. The first-order valence-corrected chi connectivity index (χ1v) is 6.89. The lowest BCUT2D eigenvalue weighted by Gasteiger charge is -2.35. The molecule has 2 aliphatic rings. The van der Waals surface area contributed by atoms with Crippen LogP contribution in [0.25, 0.3) is 0 Å². The van der Waals surface area contributed by atoms with E-state index in [1.54, 1.807) is 0 Å². The first kappa shape index (κ1) is 14.3. The molecule has 1 fully saturated rings. The molecule has 4 atom stereocenters. The van der Waals surface area contributed by atoms with Gasteiger partial charge in [0.05, 0.1) is 25.6 Å². The summed E-state index contributed by atoms with van der Waals surface area (Å²) in [6.45, 7) is 2.76. The number of ether oxygens (including phenoxy) is 3. The minimum atomic E-state index is -0.363. The monoisotopic (exact) mass is 270 g/mol. The molecule has 5 nitrogen and oxygen atoms in total. The first-order chi connectivity index (χ1) is 9.22. The van der Waals surface area contributed by atoms with Gasteiger partial charge in [0.1, 0.15) is 0 Å². The van der Waals surface area contributed by atoms with Crippen molar-refractivity contribution in [1.29, 1.82) is 0 Å². The fourth-order valence-corrected chi connectivity index (χ4v) is 3.12. The number of carbonyl (C=O) groups is 1. The highest BCUT2D eigenvalue weighted by Crippen LogP contribution is 2.46. The standard InChI is InChI=1S/C14H22O5/c1-3-6-18-14-12-9(7-15)4-5-10(12)11(8-19-14)13(16)17-2/h8-10,12,14-15H,3-7H2,1-2H3. The fraction of sp³-hybridized carbons (Fsp3) is 0.786. The molecular formula is C14H22O5. The van der Waals surface area contributed by atoms with Crippen molar-refractivity contribution in [2.45, 2.75) is 32.5 Å². The summed E-state index contributed by atoms with van der Waals surface area (Å²) in [7, 11) is 1.37. The summed E-state index contributed by atoms with van der Waals surface area (Å²) in [6.07, 6.45) is 3.78. The van der Waals surface area contributed by atoms with Crippen LogP contribution < -0.4 is 0 Å². The maximum absolute atomic E-state index is 11.8. The van der Waals surface area contributed by atoms with Crippen LogP contribution in [-0.2, 0) is 19.0 Å². The highest BCUT2D eigenvalue weighted by atomic mass is 16.7. The molecule has 4 unspecified atom stereocenters. The summed E-state index contributed by atoms with van der Waals surface area (Å²) >= 11 is 0. The smallest absolute Gasteiger partial charge is 0.337 e. The van der Waals surface area contributed by atoms with Gasteiger partial charge in [-0.3, -0.25) is 0 Å². The third-order valence-electron chi connectivity index (χ3n) is 4.04. The van der Waals surface area contributed by atoms with Crippen molar-refractivity contribution in [2.75, 3.05) is 20.3 Å². The molecule has 19 heavy (non-hydrogen) atoms. The van der Waals surface area contributed by atoms with Crippen molar-refractivity contribution in [3.63, 3.8) is 0 Å². The molecular weight excluding hydrogens is 248 g/mol. The van der Waals surface area contributed by atoms with E-state index >= 15 is 0 Å². The first-order valence-electron chi connectivity index (χ1n) is 6.89. The molecule has 0 radical (unpaired) electrons. The van der Waals surface area contributed by atoms with Gasteiger partial charge in [0.25, 0.3) is 0 Å². The summed E-state index contributed by atoms with van der Waals surface area (Å²) < 4.78 is 16.1. The molecule has 1 aliphatic carbocycles. The van der Waals surface area contributed by atoms with Gasteiger partial charge in [-0.05, 0) is 25.2 Å². The van der Waals surface area contributed by atoms with Crippen LogP contribution in [0.5, 0.6) is 0 Å². The highest BCUT2D eigenvalue weighted by molar-refractivity contribution is 5.89. The molecule has 108 valence electrons. The van der Waals surface area contributed by atoms with Gasteiger partial charge >= 0.3 is 5.97 Å². The Hall–Kier alpha value is -1.07. The van der Waals surface area contributed by atoms with Crippen LogP contribution >= 0.6 is 0 Å². The molecule has 0 aromatic carbocycles. The van der Waals surface area contributed by atoms with E-state index in [0.29, 0.717) is 12.2 Å². The van der Waals surface area contributed by atoms with E-state index in [4.69, 9.17) is 14.2 Å². The molecule has 1 heterocycles. The van der Waals surface area contributed by atoms with Crippen LogP contribution in [0.15, 0.2) is 11.8 Å². The number of carbonyl (C=O) groups excluding carboxylic acids is 1. The van der Waals surface area contributed by atoms with Gasteiger partial charge in [0.2, 0.25) is 6.29 Å². The van der Waals surface area contributed by atoms with Gasteiger partial charge in [-0.2, -0.15) is 0 Å². The van der Waals surface area contributed by atoms with E-state index in [-0.39, 0.29) is 36.6 Å². The molecule has 0 amide bonds. The molecule has 0 aromatic rings. The number of hydrogen-bond acceptors (Lipinski definition) is 5. The Kier molecular flexibility index (Phi) is 4.82. The molecule has 1 saturated carbocycles. The second-order valence-corrected chi connectivity index (χ2v) is 5.14. The fourth-order valence-electron chi connectivity index (χ4n) is 3.12. The zero-order valence-corrected chi connectivity index (χ0v) is 11.5. The number of aliphatic hydroxyl groups excluding tert-OH is 1. The van der Waals surface area contributed by atoms with Crippen molar-refractivity contribution in [1.82, 2.24) is 0 Å². The van der Waals surface area contributed by atoms with Crippen LogP contribution in [-0.4, -0.2) is 37.7 Å². The van der Waals surface area contributed by atoms with Gasteiger partial charge in [-0.25, -0.2) is 4.79 Å². The third-order valence-corrected chi connectivity index (χ3v) is 4.04. The van der Waals surface area contributed by atoms with Crippen molar-refractivity contribution in [3.05, 3.63) is 11.8 Å². The summed E-state index contributed by atoms with van der Waals surface area (Å²) in [5, 5.41) is 9.48. The molecule has 0 aromatic heterocycles. The average Bonchev–Trinajstić information content (AvgIpc) is 2.88. The minimum absolute atomic E-state index is 0.0376. The molecule has 0 spiro atoms. The maximum atomic E-state index is 11.8. The Bertz CT molecular complexity index is 352. The lowest BCUT2D eigenvalue weighted by molar-refractivity contribution is -0.170. The third kappa shape index (κ3) is 2.77. The Morgan fingerprint density at radius 2 is 2.32 bits per heavy atom. The van der Waals surface area contributed by atoms with Gasteiger partial charge in [0.15, 0.2) is 0 Å². The second kappa shape index (κ2) is 6.39. The Balaban J connectivity index is 2.17. The average molecular weight is 270 g/mol. The number of rotatable bonds is 5. The summed E-state index contributed by atoms with van der Waals surface area (Å²) in [6, 6.07) is 0. The van der Waals surface area contributed by atoms with E-state index < -0.39 is 0 Å². The minimum Gasteiger partial charge on any atom is -0.472 e. The predicted octanol–water partition coefficient (Wildman–Crippen LogP) is 1.46. The van der Waals surface area contributed by atoms with Gasteiger partial charge in [-0.1, -0.05) is 6.92 Å². The Labute approximate surface area is 113 Å². The van der Waals surface area contributed by atoms with E-state index in [9.17, 15) is 9.90 Å². The van der Waals surface area contributed by atoms with Crippen LogP contribution in [0.3, 0.4) is 0 Å². The normalized spacial score (nSPS) is 33.3. The van der Waals surface area contributed by atoms with Crippen molar-refractivity contribution in [2.24, 2.45) is 17.8 Å². The second-order valence-electron chi connectivity index (χ2n) is 5.14. The van der Waals surface area contributed by atoms with E-state index in [1.807, 2.05) is 6.92 Å². The number of fused-ring (bicyclic) bond motifs is 1.